The molecule has 0 aromatic heterocycles. The van der Waals surface area contributed by atoms with Gasteiger partial charge in [0, 0.05) is 0 Å². The Bertz CT molecular complexity index is 798. The molecular weight excluding hydrogens is 460 g/mol. The van der Waals surface area contributed by atoms with Gasteiger partial charge in [-0.1, -0.05) is 140 Å². The summed E-state index contributed by atoms with van der Waals surface area (Å²) < 4.78 is 0. The average molecular weight is 483 g/mol. The van der Waals surface area contributed by atoms with E-state index in [2.05, 4.69) is 127 Å². The van der Waals surface area contributed by atoms with Gasteiger partial charge < -0.3 is 0 Å². The summed E-state index contributed by atoms with van der Waals surface area (Å²) in [6.45, 7) is 0. The number of hydrogen-bond donors (Lipinski definition) is 0. The third kappa shape index (κ3) is 6.51. The van der Waals surface area contributed by atoms with Gasteiger partial charge in [-0.05, 0) is 10.6 Å². The molecule has 0 atom stereocenters. The molecule has 0 spiro atoms. The second kappa shape index (κ2) is 12.4. The zero-order valence-electron chi connectivity index (χ0n) is 16.7. The third-order valence-electron chi connectivity index (χ3n) is 4.65. The van der Waals surface area contributed by atoms with Crippen molar-refractivity contribution >= 4 is 37.1 Å². The summed E-state index contributed by atoms with van der Waals surface area (Å²) in [5, 5.41) is 5.71. The van der Waals surface area contributed by atoms with Crippen LogP contribution in [-0.2, 0) is 0 Å². The van der Waals surface area contributed by atoms with Crippen molar-refractivity contribution in [2.45, 2.75) is 0 Å². The van der Waals surface area contributed by atoms with E-state index in [9.17, 15) is 0 Å². The molecule has 0 nitrogen and oxygen atoms in total. The van der Waals surface area contributed by atoms with Gasteiger partial charge in [0.1, 0.15) is 0 Å². The van der Waals surface area contributed by atoms with E-state index in [1.165, 1.54) is 21.2 Å². The van der Waals surface area contributed by atoms with Gasteiger partial charge >= 0.3 is 58.2 Å². The van der Waals surface area contributed by atoms with Gasteiger partial charge in [-0.25, -0.2) is 7.92 Å². The fourth-order valence-corrected chi connectivity index (χ4v) is 8.07. The average Bonchev–Trinajstić information content (AvgIpc) is 2.79. The molecule has 138 valence electrons. The molecule has 0 unspecified atom stereocenters. The molecule has 4 aromatic carbocycles. The molecule has 4 rings (SSSR count). The molecule has 0 aliphatic rings. The predicted octanol–water partition coefficient (Wildman–Crippen LogP) is 2.42. The SMILES string of the molecule is [Rb+].c1ccc(P([CH-]CP(c2ccccc2)c2ccccc2)c2ccccc2)cc1. The summed E-state index contributed by atoms with van der Waals surface area (Å²) in [6, 6.07) is 43.8. The minimum Gasteiger partial charge on any atom is -0.289 e. The fourth-order valence-electron chi connectivity index (χ4n) is 3.28. The largest absolute Gasteiger partial charge is 1.00 e. The Labute approximate surface area is 226 Å². The number of hydrogen-bond acceptors (Lipinski definition) is 0. The molecule has 0 saturated heterocycles. The Morgan fingerprint density at radius 3 is 1.10 bits per heavy atom. The first-order valence-corrected chi connectivity index (χ1v) is 12.5. The first-order valence-electron chi connectivity index (χ1n) is 9.52. The molecule has 0 aliphatic heterocycles. The smallest absolute Gasteiger partial charge is 0.289 e. The van der Waals surface area contributed by atoms with Crippen LogP contribution in [-0.4, -0.2) is 6.16 Å². The van der Waals surface area contributed by atoms with Crippen molar-refractivity contribution in [2.75, 3.05) is 6.16 Å². The summed E-state index contributed by atoms with van der Waals surface area (Å²) in [7, 11) is -0.876. The van der Waals surface area contributed by atoms with Crippen LogP contribution < -0.4 is 79.4 Å². The van der Waals surface area contributed by atoms with Crippen molar-refractivity contribution in [1.82, 2.24) is 0 Å². The van der Waals surface area contributed by atoms with Crippen LogP contribution in [0.25, 0.3) is 0 Å². The quantitative estimate of drug-likeness (QED) is 0.280. The first kappa shape index (κ1) is 23.2. The van der Waals surface area contributed by atoms with E-state index < -0.39 is 15.8 Å². The first-order chi connectivity index (χ1) is 13.9. The number of benzene rings is 4. The van der Waals surface area contributed by atoms with E-state index in [0.717, 1.165) is 6.16 Å². The van der Waals surface area contributed by atoms with Crippen LogP contribution in [0.2, 0.25) is 0 Å². The Hall–Kier alpha value is -0.455. The zero-order valence-corrected chi connectivity index (χ0v) is 23.4. The van der Waals surface area contributed by atoms with E-state index in [1.807, 2.05) is 0 Å². The molecule has 0 N–H and O–H groups in total. The molecule has 0 heterocycles. The fraction of sp³-hybridized carbons (Fsp3) is 0.0385. The van der Waals surface area contributed by atoms with Crippen molar-refractivity contribution < 1.29 is 58.2 Å². The van der Waals surface area contributed by atoms with Gasteiger partial charge in [-0.2, -0.15) is 0 Å². The Morgan fingerprint density at radius 2 is 0.759 bits per heavy atom. The third-order valence-corrected chi connectivity index (χ3v) is 9.59. The second-order valence-electron chi connectivity index (χ2n) is 6.51. The van der Waals surface area contributed by atoms with Gasteiger partial charge in [0.05, 0.1) is 0 Å². The minimum atomic E-state index is -0.473. The summed E-state index contributed by atoms with van der Waals surface area (Å²) >= 11 is 0. The normalized spacial score (nSPS) is 10.7. The molecule has 0 bridgehead atoms. The van der Waals surface area contributed by atoms with Gasteiger partial charge in [0.15, 0.2) is 0 Å². The maximum Gasteiger partial charge on any atom is 1.00 e. The predicted molar refractivity (Wildman–Crippen MR) is 127 cm³/mol. The Kier molecular flexibility index (Phi) is 9.94. The maximum atomic E-state index is 2.58. The van der Waals surface area contributed by atoms with E-state index in [4.69, 9.17) is 0 Å². The minimum absolute atomic E-state index is 0. The van der Waals surface area contributed by atoms with E-state index in [1.54, 1.807) is 0 Å². The second-order valence-corrected chi connectivity index (χ2v) is 10.9. The van der Waals surface area contributed by atoms with E-state index >= 15 is 0 Å². The summed E-state index contributed by atoms with van der Waals surface area (Å²) in [5.74, 6) is 0. The van der Waals surface area contributed by atoms with Gasteiger partial charge in [-0.3, -0.25) is 6.16 Å². The van der Waals surface area contributed by atoms with Crippen LogP contribution in [0.5, 0.6) is 0 Å². The molecule has 0 amide bonds. The van der Waals surface area contributed by atoms with Crippen LogP contribution in [0.1, 0.15) is 0 Å². The van der Waals surface area contributed by atoms with Crippen LogP contribution in [0, 0.1) is 6.16 Å². The van der Waals surface area contributed by atoms with Crippen LogP contribution in [0.3, 0.4) is 0 Å². The van der Waals surface area contributed by atoms with Crippen LogP contribution in [0.4, 0.5) is 0 Å². The van der Waals surface area contributed by atoms with E-state index in [0.29, 0.717) is 0 Å². The summed E-state index contributed by atoms with van der Waals surface area (Å²) in [4.78, 5) is 0. The molecule has 4 aromatic rings. The van der Waals surface area contributed by atoms with Gasteiger partial charge in [-0.15, -0.1) is 6.16 Å². The van der Waals surface area contributed by atoms with Crippen molar-refractivity contribution in [1.29, 1.82) is 0 Å². The van der Waals surface area contributed by atoms with Crippen molar-refractivity contribution in [2.24, 2.45) is 0 Å². The molecule has 0 radical (unpaired) electrons. The van der Waals surface area contributed by atoms with Gasteiger partial charge in [0.2, 0.25) is 0 Å². The molecule has 0 fully saturated rings. The van der Waals surface area contributed by atoms with E-state index in [-0.39, 0.29) is 58.2 Å². The summed E-state index contributed by atoms with van der Waals surface area (Å²) in [5.41, 5.74) is 0. The van der Waals surface area contributed by atoms with Crippen molar-refractivity contribution in [3.8, 4) is 0 Å². The molecule has 29 heavy (non-hydrogen) atoms. The standard InChI is InChI=1S/C26H23P2.Rb/c1-5-13-23(14-6-1)27(24-15-7-2-8-16-24)21-22-28(25-17-9-3-10-18-25)26-19-11-4-12-20-26;/h1-21H,22H2;/q-1;+1. The Balaban J connectivity index is 0.00000240. The van der Waals surface area contributed by atoms with Crippen LogP contribution in [0.15, 0.2) is 121 Å². The molecule has 0 saturated carbocycles. The molecular formula is C26H23P2Rb. The van der Waals surface area contributed by atoms with Gasteiger partial charge in [0.25, 0.3) is 0 Å². The zero-order chi connectivity index (χ0) is 19.0. The topological polar surface area (TPSA) is 0 Å². The molecule has 3 heteroatoms. The molecule has 0 aliphatic carbocycles. The van der Waals surface area contributed by atoms with Crippen LogP contribution >= 0.6 is 15.8 Å². The monoisotopic (exact) mass is 482 g/mol. The summed E-state index contributed by atoms with van der Waals surface area (Å²) in [6.07, 6.45) is 3.66. The maximum absolute atomic E-state index is 2.58. The Morgan fingerprint density at radius 1 is 0.448 bits per heavy atom. The number of rotatable bonds is 7. The van der Waals surface area contributed by atoms with Crippen molar-refractivity contribution in [3.63, 3.8) is 0 Å². The van der Waals surface area contributed by atoms with Crippen molar-refractivity contribution in [3.05, 3.63) is 127 Å².